The lowest BCUT2D eigenvalue weighted by Crippen LogP contribution is -2.09. The summed E-state index contributed by atoms with van der Waals surface area (Å²) in [5.74, 6) is 0. The van der Waals surface area contributed by atoms with Crippen LogP contribution in [0.5, 0.6) is 0 Å². The van der Waals surface area contributed by atoms with Gasteiger partial charge in [0, 0.05) is 18.2 Å². The molecule has 1 fully saturated rings. The molecule has 0 saturated carbocycles. The van der Waals surface area contributed by atoms with Gasteiger partial charge in [-0.05, 0) is 37.8 Å². The minimum absolute atomic E-state index is 0.433. The predicted octanol–water partition coefficient (Wildman–Crippen LogP) is 5.02. The van der Waals surface area contributed by atoms with Gasteiger partial charge in [0.15, 0.2) is 0 Å². The highest BCUT2D eigenvalue weighted by atomic mass is 35.5. The SMILES string of the molecule is Clc1cc(Cl)c(NCCCC2CCCO2)c(Cl)c1. The van der Waals surface area contributed by atoms with Gasteiger partial charge >= 0.3 is 0 Å². The Bertz CT molecular complexity index is 382. The van der Waals surface area contributed by atoms with Gasteiger partial charge in [-0.3, -0.25) is 0 Å². The number of rotatable bonds is 5. The van der Waals surface area contributed by atoms with Crippen LogP contribution >= 0.6 is 34.8 Å². The summed E-state index contributed by atoms with van der Waals surface area (Å²) in [6.07, 6.45) is 4.92. The van der Waals surface area contributed by atoms with Gasteiger partial charge in [0.25, 0.3) is 0 Å². The monoisotopic (exact) mass is 307 g/mol. The van der Waals surface area contributed by atoms with Crippen molar-refractivity contribution in [3.8, 4) is 0 Å². The predicted molar refractivity (Wildman–Crippen MR) is 78.2 cm³/mol. The molecule has 1 atom stereocenters. The van der Waals surface area contributed by atoms with Gasteiger partial charge in [-0.2, -0.15) is 0 Å². The van der Waals surface area contributed by atoms with E-state index in [1.807, 2.05) is 0 Å². The molecule has 0 radical (unpaired) electrons. The van der Waals surface area contributed by atoms with Crippen LogP contribution < -0.4 is 5.32 Å². The average Bonchev–Trinajstić information content (AvgIpc) is 2.79. The minimum atomic E-state index is 0.433. The summed E-state index contributed by atoms with van der Waals surface area (Å²) in [7, 11) is 0. The molecule has 0 amide bonds. The molecule has 1 N–H and O–H groups in total. The van der Waals surface area contributed by atoms with Crippen molar-refractivity contribution >= 4 is 40.5 Å². The number of anilines is 1. The number of hydrogen-bond donors (Lipinski definition) is 1. The number of halogens is 3. The second kappa shape index (κ2) is 6.85. The van der Waals surface area contributed by atoms with E-state index in [0.717, 1.165) is 31.7 Å². The summed E-state index contributed by atoms with van der Waals surface area (Å²) < 4.78 is 5.57. The molecule has 0 aliphatic carbocycles. The van der Waals surface area contributed by atoms with E-state index in [9.17, 15) is 0 Å². The van der Waals surface area contributed by atoms with Crippen LogP contribution in [0.15, 0.2) is 12.1 Å². The maximum absolute atomic E-state index is 6.08. The van der Waals surface area contributed by atoms with E-state index in [1.165, 1.54) is 12.8 Å². The van der Waals surface area contributed by atoms with Crippen molar-refractivity contribution < 1.29 is 4.74 Å². The first-order valence-electron chi connectivity index (χ1n) is 6.17. The Hall–Kier alpha value is -0.150. The summed E-state index contributed by atoms with van der Waals surface area (Å²) in [6, 6.07) is 3.38. The van der Waals surface area contributed by atoms with Gasteiger partial charge in [-0.1, -0.05) is 34.8 Å². The van der Waals surface area contributed by atoms with Crippen LogP contribution in [0.1, 0.15) is 25.7 Å². The van der Waals surface area contributed by atoms with Crippen LogP contribution in [-0.2, 0) is 4.74 Å². The van der Waals surface area contributed by atoms with E-state index >= 15 is 0 Å². The van der Waals surface area contributed by atoms with Crippen molar-refractivity contribution in [2.75, 3.05) is 18.5 Å². The first-order valence-corrected chi connectivity index (χ1v) is 7.30. The molecule has 2 nitrogen and oxygen atoms in total. The Balaban J connectivity index is 1.79. The van der Waals surface area contributed by atoms with E-state index in [-0.39, 0.29) is 0 Å². The van der Waals surface area contributed by atoms with Crippen LogP contribution in [0.25, 0.3) is 0 Å². The summed E-state index contributed by atoms with van der Waals surface area (Å²) in [6.45, 7) is 1.74. The molecule has 2 rings (SSSR count). The maximum atomic E-state index is 6.08. The van der Waals surface area contributed by atoms with E-state index in [1.54, 1.807) is 12.1 Å². The zero-order chi connectivity index (χ0) is 13.0. The molecule has 5 heteroatoms. The first-order chi connectivity index (χ1) is 8.66. The van der Waals surface area contributed by atoms with E-state index in [4.69, 9.17) is 39.5 Å². The van der Waals surface area contributed by atoms with Crippen LogP contribution in [0.3, 0.4) is 0 Å². The molecule has 0 bridgehead atoms. The highest BCUT2D eigenvalue weighted by molar-refractivity contribution is 6.41. The largest absolute Gasteiger partial charge is 0.383 e. The Morgan fingerprint density at radius 3 is 2.56 bits per heavy atom. The Morgan fingerprint density at radius 2 is 1.94 bits per heavy atom. The quantitative estimate of drug-likeness (QED) is 0.771. The normalized spacial score (nSPS) is 19.2. The zero-order valence-corrected chi connectivity index (χ0v) is 12.3. The third-order valence-electron chi connectivity index (χ3n) is 3.04. The molecule has 1 aliphatic rings. The molecule has 1 unspecified atom stereocenters. The number of hydrogen-bond acceptors (Lipinski definition) is 2. The highest BCUT2D eigenvalue weighted by Crippen LogP contribution is 2.33. The molecule has 1 heterocycles. The van der Waals surface area contributed by atoms with Crippen molar-refractivity contribution in [1.29, 1.82) is 0 Å². The van der Waals surface area contributed by atoms with E-state index in [2.05, 4.69) is 5.32 Å². The number of benzene rings is 1. The fourth-order valence-corrected chi connectivity index (χ4v) is 3.08. The van der Waals surface area contributed by atoms with Crippen molar-refractivity contribution in [2.24, 2.45) is 0 Å². The van der Waals surface area contributed by atoms with Gasteiger partial charge < -0.3 is 10.1 Å². The summed E-state index contributed by atoms with van der Waals surface area (Å²) in [5, 5.41) is 4.92. The van der Waals surface area contributed by atoms with Crippen molar-refractivity contribution in [3.05, 3.63) is 27.2 Å². The van der Waals surface area contributed by atoms with E-state index in [0.29, 0.717) is 21.2 Å². The minimum Gasteiger partial charge on any atom is -0.383 e. The molecule has 1 aromatic carbocycles. The second-order valence-corrected chi connectivity index (χ2v) is 5.70. The molecule has 1 aliphatic heterocycles. The third-order valence-corrected chi connectivity index (χ3v) is 3.85. The first kappa shape index (κ1) is 14.3. The van der Waals surface area contributed by atoms with Crippen LogP contribution in [0, 0.1) is 0 Å². The van der Waals surface area contributed by atoms with Crippen molar-refractivity contribution in [1.82, 2.24) is 0 Å². The second-order valence-electron chi connectivity index (χ2n) is 4.45. The zero-order valence-electron chi connectivity index (χ0n) is 10.0. The van der Waals surface area contributed by atoms with Gasteiger partial charge in [0.2, 0.25) is 0 Å². The van der Waals surface area contributed by atoms with Crippen LogP contribution in [0.2, 0.25) is 15.1 Å². The highest BCUT2D eigenvalue weighted by Gasteiger charge is 2.14. The topological polar surface area (TPSA) is 21.3 Å². The summed E-state index contributed by atoms with van der Waals surface area (Å²) >= 11 is 18.0. The molecule has 18 heavy (non-hydrogen) atoms. The lowest BCUT2D eigenvalue weighted by molar-refractivity contribution is 0.103. The fourth-order valence-electron chi connectivity index (χ4n) is 2.13. The van der Waals surface area contributed by atoms with Gasteiger partial charge in [0.05, 0.1) is 21.8 Å². The molecular weight excluding hydrogens is 293 g/mol. The van der Waals surface area contributed by atoms with Gasteiger partial charge in [-0.25, -0.2) is 0 Å². The summed E-state index contributed by atoms with van der Waals surface area (Å²) in [4.78, 5) is 0. The van der Waals surface area contributed by atoms with Crippen LogP contribution in [0.4, 0.5) is 5.69 Å². The van der Waals surface area contributed by atoms with Gasteiger partial charge in [-0.15, -0.1) is 0 Å². The number of ether oxygens (including phenoxy) is 1. The molecule has 100 valence electrons. The Kier molecular flexibility index (Phi) is 5.43. The van der Waals surface area contributed by atoms with Crippen molar-refractivity contribution in [3.63, 3.8) is 0 Å². The van der Waals surface area contributed by atoms with E-state index < -0.39 is 0 Å². The molecule has 1 aromatic rings. The fraction of sp³-hybridized carbons (Fsp3) is 0.538. The number of nitrogens with one attached hydrogen (secondary N) is 1. The molecular formula is C13H16Cl3NO. The Labute approximate surface area is 123 Å². The lowest BCUT2D eigenvalue weighted by Gasteiger charge is -2.12. The third kappa shape index (κ3) is 3.92. The molecule has 0 spiro atoms. The Morgan fingerprint density at radius 1 is 1.22 bits per heavy atom. The van der Waals surface area contributed by atoms with Crippen molar-refractivity contribution in [2.45, 2.75) is 31.8 Å². The standard InChI is InChI=1S/C13H16Cl3NO/c14-9-7-11(15)13(12(16)8-9)17-5-1-3-10-4-2-6-18-10/h7-8,10,17H,1-6H2. The molecule has 1 saturated heterocycles. The molecule has 0 aromatic heterocycles. The smallest absolute Gasteiger partial charge is 0.0720 e. The van der Waals surface area contributed by atoms with Gasteiger partial charge in [0.1, 0.15) is 0 Å². The average molecular weight is 309 g/mol. The van der Waals surface area contributed by atoms with Crippen LogP contribution in [-0.4, -0.2) is 19.3 Å². The summed E-state index contributed by atoms with van der Waals surface area (Å²) in [5.41, 5.74) is 0.759. The lowest BCUT2D eigenvalue weighted by atomic mass is 10.1. The maximum Gasteiger partial charge on any atom is 0.0720 e.